The molecule has 2 atom stereocenters. The van der Waals surface area contributed by atoms with Gasteiger partial charge in [0.25, 0.3) is 0 Å². The molecule has 8 heteroatoms. The van der Waals surface area contributed by atoms with Gasteiger partial charge in [0.2, 0.25) is 5.91 Å². The number of hydrogen-bond acceptors (Lipinski definition) is 3. The van der Waals surface area contributed by atoms with Crippen molar-refractivity contribution in [2.45, 2.75) is 39.3 Å². The highest BCUT2D eigenvalue weighted by Gasteiger charge is 2.22. The first kappa shape index (κ1) is 21.9. The number of amides is 1. The largest absolute Gasteiger partial charge is 0.434 e. The zero-order valence-electron chi connectivity index (χ0n) is 14.1. The molecule has 25 heavy (non-hydrogen) atoms. The van der Waals surface area contributed by atoms with E-state index < -0.39 is 6.61 Å². The number of carbonyl (C=O) groups is 1. The summed E-state index contributed by atoms with van der Waals surface area (Å²) < 4.78 is 29.3. The Labute approximate surface area is 158 Å². The number of nitrogens with one attached hydrogen (secondary N) is 2. The smallest absolute Gasteiger partial charge is 0.387 e. The van der Waals surface area contributed by atoms with Crippen LogP contribution in [0.5, 0.6) is 5.75 Å². The molecule has 1 aromatic rings. The van der Waals surface area contributed by atoms with Crippen LogP contribution in [0.1, 0.15) is 31.7 Å². The van der Waals surface area contributed by atoms with E-state index in [4.69, 9.17) is 11.6 Å². The molecular formula is C17H24Cl2F2N2O2. The van der Waals surface area contributed by atoms with Gasteiger partial charge in [-0.15, -0.1) is 12.4 Å². The average Bonchev–Trinajstić information content (AvgIpc) is 2.55. The van der Waals surface area contributed by atoms with Crippen LogP contribution in [0.2, 0.25) is 5.02 Å². The summed E-state index contributed by atoms with van der Waals surface area (Å²) in [5, 5.41) is 6.52. The molecule has 2 N–H and O–H groups in total. The van der Waals surface area contributed by atoms with E-state index in [9.17, 15) is 13.6 Å². The molecule has 1 fully saturated rings. The van der Waals surface area contributed by atoms with Gasteiger partial charge in [-0.2, -0.15) is 8.78 Å². The second-order valence-electron chi connectivity index (χ2n) is 6.20. The molecule has 2 unspecified atom stereocenters. The van der Waals surface area contributed by atoms with Crippen molar-refractivity contribution in [3.63, 3.8) is 0 Å². The summed E-state index contributed by atoms with van der Waals surface area (Å²) in [7, 11) is 0. The molecule has 1 heterocycles. The Balaban J connectivity index is 0.00000312. The van der Waals surface area contributed by atoms with E-state index in [1.165, 1.54) is 18.2 Å². The second kappa shape index (κ2) is 10.8. The van der Waals surface area contributed by atoms with E-state index in [2.05, 4.69) is 22.3 Å². The van der Waals surface area contributed by atoms with Crippen molar-refractivity contribution in [1.29, 1.82) is 0 Å². The van der Waals surface area contributed by atoms with Crippen molar-refractivity contribution in [3.05, 3.63) is 28.8 Å². The predicted molar refractivity (Wildman–Crippen MR) is 96.6 cm³/mol. The van der Waals surface area contributed by atoms with Crippen molar-refractivity contribution in [1.82, 2.24) is 10.6 Å². The quantitative estimate of drug-likeness (QED) is 0.731. The molecule has 0 aromatic heterocycles. The molecule has 0 aliphatic carbocycles. The Morgan fingerprint density at radius 1 is 1.48 bits per heavy atom. The predicted octanol–water partition coefficient (Wildman–Crippen LogP) is 4.01. The van der Waals surface area contributed by atoms with Crippen LogP contribution in [0.3, 0.4) is 0 Å². The summed E-state index contributed by atoms with van der Waals surface area (Å²) in [5.74, 6) is 0.692. The van der Waals surface area contributed by atoms with Crippen molar-refractivity contribution >= 4 is 29.9 Å². The van der Waals surface area contributed by atoms with Crippen molar-refractivity contribution in [2.24, 2.45) is 11.8 Å². The minimum Gasteiger partial charge on any atom is -0.434 e. The van der Waals surface area contributed by atoms with Crippen molar-refractivity contribution in [2.75, 3.05) is 13.1 Å². The standard InChI is InChI=1S/C17H23ClF2N2O2.ClH/c1-11(12-3-2-6-21-9-12)7-16(23)22-10-13-8-14(18)4-5-15(13)24-17(19)20;/h4-5,8,11-12,17,21H,2-3,6-7,9-10H2,1H3,(H,22,23);1H. The number of benzene rings is 1. The number of carbonyl (C=O) groups excluding carboxylic acids is 1. The Hall–Kier alpha value is -1.11. The highest BCUT2D eigenvalue weighted by atomic mass is 35.5. The van der Waals surface area contributed by atoms with E-state index in [-0.39, 0.29) is 36.5 Å². The lowest BCUT2D eigenvalue weighted by atomic mass is 9.85. The fourth-order valence-electron chi connectivity index (χ4n) is 2.99. The molecule has 1 aromatic carbocycles. The van der Waals surface area contributed by atoms with Gasteiger partial charge in [-0.05, 0) is 56.0 Å². The maximum absolute atomic E-state index is 12.4. The lowest BCUT2D eigenvalue weighted by molar-refractivity contribution is -0.122. The number of halogens is 4. The van der Waals surface area contributed by atoms with Gasteiger partial charge in [-0.25, -0.2) is 0 Å². The topological polar surface area (TPSA) is 50.4 Å². The normalized spacial score (nSPS) is 18.4. The maximum Gasteiger partial charge on any atom is 0.387 e. The Morgan fingerprint density at radius 3 is 2.88 bits per heavy atom. The maximum atomic E-state index is 12.4. The lowest BCUT2D eigenvalue weighted by Gasteiger charge is -2.28. The number of alkyl halides is 2. The van der Waals surface area contributed by atoms with Crippen LogP contribution in [0.25, 0.3) is 0 Å². The van der Waals surface area contributed by atoms with E-state index >= 15 is 0 Å². The first-order valence-electron chi connectivity index (χ1n) is 8.16. The highest BCUT2D eigenvalue weighted by molar-refractivity contribution is 6.30. The van der Waals surface area contributed by atoms with Gasteiger partial charge < -0.3 is 15.4 Å². The molecular weight excluding hydrogens is 373 g/mol. The number of piperidine rings is 1. The van der Waals surface area contributed by atoms with Crippen LogP contribution < -0.4 is 15.4 Å². The minimum atomic E-state index is -2.92. The van der Waals surface area contributed by atoms with Gasteiger partial charge in [-0.1, -0.05) is 18.5 Å². The van der Waals surface area contributed by atoms with Crippen LogP contribution in [0.4, 0.5) is 8.78 Å². The molecule has 1 aliphatic heterocycles. The SMILES string of the molecule is CC(CC(=O)NCc1cc(Cl)ccc1OC(F)F)C1CCCNC1.Cl. The summed E-state index contributed by atoms with van der Waals surface area (Å²) in [5.41, 5.74) is 0.433. The third-order valence-electron chi connectivity index (χ3n) is 4.36. The van der Waals surface area contributed by atoms with Gasteiger partial charge in [0.15, 0.2) is 0 Å². The summed E-state index contributed by atoms with van der Waals surface area (Å²) in [4.78, 5) is 12.1. The molecule has 2 rings (SSSR count). The van der Waals surface area contributed by atoms with Crippen LogP contribution in [-0.2, 0) is 11.3 Å². The van der Waals surface area contributed by atoms with Crippen molar-refractivity contribution in [3.8, 4) is 5.75 Å². The average molecular weight is 397 g/mol. The Kier molecular flexibility index (Phi) is 9.46. The van der Waals surface area contributed by atoms with Gasteiger partial charge >= 0.3 is 6.61 Å². The van der Waals surface area contributed by atoms with E-state index in [1.807, 2.05) is 0 Å². The molecule has 0 bridgehead atoms. The monoisotopic (exact) mass is 396 g/mol. The summed E-state index contributed by atoms with van der Waals surface area (Å²) in [6.45, 7) is 1.24. The van der Waals surface area contributed by atoms with Gasteiger partial charge in [0.05, 0.1) is 0 Å². The zero-order valence-corrected chi connectivity index (χ0v) is 15.6. The first-order chi connectivity index (χ1) is 11.5. The summed E-state index contributed by atoms with van der Waals surface area (Å²) in [6.07, 6.45) is 2.67. The molecule has 1 aliphatic rings. The summed E-state index contributed by atoms with van der Waals surface area (Å²) >= 11 is 5.89. The minimum absolute atomic E-state index is 0. The molecule has 0 spiro atoms. The molecule has 1 amide bonds. The first-order valence-corrected chi connectivity index (χ1v) is 8.54. The van der Waals surface area contributed by atoms with E-state index in [0.717, 1.165) is 25.9 Å². The third-order valence-corrected chi connectivity index (χ3v) is 4.60. The second-order valence-corrected chi connectivity index (χ2v) is 6.63. The number of rotatable bonds is 7. The van der Waals surface area contributed by atoms with E-state index in [0.29, 0.717) is 22.9 Å². The molecule has 1 saturated heterocycles. The van der Waals surface area contributed by atoms with Crippen molar-refractivity contribution < 1.29 is 18.3 Å². The fourth-order valence-corrected chi connectivity index (χ4v) is 3.18. The van der Waals surface area contributed by atoms with Crippen LogP contribution in [0, 0.1) is 11.8 Å². The van der Waals surface area contributed by atoms with Gasteiger partial charge in [0, 0.05) is 23.6 Å². The molecule has 4 nitrogen and oxygen atoms in total. The number of ether oxygens (including phenoxy) is 1. The molecule has 0 saturated carbocycles. The van der Waals surface area contributed by atoms with E-state index in [1.54, 1.807) is 0 Å². The lowest BCUT2D eigenvalue weighted by Crippen LogP contribution is -2.35. The Morgan fingerprint density at radius 2 is 2.24 bits per heavy atom. The van der Waals surface area contributed by atoms with Gasteiger partial charge in [-0.3, -0.25) is 4.79 Å². The fraction of sp³-hybridized carbons (Fsp3) is 0.588. The third kappa shape index (κ3) is 7.34. The zero-order chi connectivity index (χ0) is 17.5. The number of hydrogen-bond donors (Lipinski definition) is 2. The van der Waals surface area contributed by atoms with Crippen LogP contribution in [0.15, 0.2) is 18.2 Å². The van der Waals surface area contributed by atoms with Gasteiger partial charge in [0.1, 0.15) is 5.75 Å². The van der Waals surface area contributed by atoms with Crippen LogP contribution in [-0.4, -0.2) is 25.6 Å². The highest BCUT2D eigenvalue weighted by Crippen LogP contribution is 2.25. The molecule has 142 valence electrons. The van der Waals surface area contributed by atoms with Crippen LogP contribution >= 0.6 is 24.0 Å². The summed E-state index contributed by atoms with van der Waals surface area (Å²) in [6, 6.07) is 4.38. The molecule has 0 radical (unpaired) electrons. The Bertz CT molecular complexity index is 555.